The topological polar surface area (TPSA) is 87.7 Å². The van der Waals surface area contributed by atoms with Gasteiger partial charge in [0.1, 0.15) is 17.8 Å². The molecule has 1 aliphatic rings. The summed E-state index contributed by atoms with van der Waals surface area (Å²) in [5.74, 6) is -0.0556. The average Bonchev–Trinajstić information content (AvgIpc) is 2.96. The number of methoxy groups -OCH3 is 1. The van der Waals surface area contributed by atoms with Crippen LogP contribution in [0.1, 0.15) is 64.9 Å². The first-order valence-corrected chi connectivity index (χ1v) is 10.5. The lowest BCUT2D eigenvalue weighted by atomic mass is 9.87. The first kappa shape index (κ1) is 22.7. The van der Waals surface area contributed by atoms with E-state index >= 15 is 0 Å². The minimum Gasteiger partial charge on any atom is -0.497 e. The van der Waals surface area contributed by atoms with E-state index in [1.54, 1.807) is 31.4 Å². The summed E-state index contributed by atoms with van der Waals surface area (Å²) >= 11 is 0. The Bertz CT molecular complexity index is 719. The number of hydrogen-bond acceptors (Lipinski definition) is 4. The minimum absolute atomic E-state index is 0.0117. The number of hydrogen-bond donors (Lipinski definition) is 2. The molecule has 1 heterocycles. The van der Waals surface area contributed by atoms with Gasteiger partial charge in [-0.25, -0.2) is 4.79 Å². The number of amides is 4. The highest BCUT2D eigenvalue weighted by Crippen LogP contribution is 2.33. The lowest BCUT2D eigenvalue weighted by Gasteiger charge is -2.26. The van der Waals surface area contributed by atoms with Crippen molar-refractivity contribution in [1.82, 2.24) is 15.5 Å². The van der Waals surface area contributed by atoms with Crippen LogP contribution in [0.25, 0.3) is 0 Å². The lowest BCUT2D eigenvalue weighted by molar-refractivity contribution is -0.135. The van der Waals surface area contributed by atoms with Gasteiger partial charge in [0, 0.05) is 6.04 Å². The maximum atomic E-state index is 13.1. The molecule has 7 heteroatoms. The number of imide groups is 1. The lowest BCUT2D eigenvalue weighted by Crippen LogP contribution is -2.45. The maximum Gasteiger partial charge on any atom is 0.325 e. The summed E-state index contributed by atoms with van der Waals surface area (Å²) in [6.45, 7) is 5.67. The number of urea groups is 1. The molecule has 1 saturated heterocycles. The van der Waals surface area contributed by atoms with Crippen molar-refractivity contribution in [2.45, 2.75) is 70.9 Å². The van der Waals surface area contributed by atoms with Crippen LogP contribution in [0.4, 0.5) is 4.79 Å². The number of carbonyl (C=O) groups is 3. The predicted molar refractivity (Wildman–Crippen MR) is 112 cm³/mol. The second kappa shape index (κ2) is 10.3. The molecule has 0 aliphatic carbocycles. The summed E-state index contributed by atoms with van der Waals surface area (Å²) in [5.41, 5.74) is -0.485. The van der Waals surface area contributed by atoms with E-state index in [4.69, 9.17) is 4.74 Å². The van der Waals surface area contributed by atoms with Crippen molar-refractivity contribution >= 4 is 17.8 Å². The van der Waals surface area contributed by atoms with Crippen LogP contribution in [-0.2, 0) is 15.1 Å². The molecule has 1 aromatic carbocycles. The fourth-order valence-corrected chi connectivity index (χ4v) is 3.70. The third-order valence-corrected chi connectivity index (χ3v) is 5.49. The second-order valence-electron chi connectivity index (χ2n) is 7.63. The number of nitrogens with one attached hydrogen (secondary N) is 2. The summed E-state index contributed by atoms with van der Waals surface area (Å²) in [7, 11) is 1.57. The monoisotopic (exact) mass is 403 g/mol. The van der Waals surface area contributed by atoms with Crippen LogP contribution in [0.2, 0.25) is 0 Å². The van der Waals surface area contributed by atoms with E-state index in [1.807, 2.05) is 13.8 Å². The second-order valence-corrected chi connectivity index (χ2v) is 7.63. The third-order valence-electron chi connectivity index (χ3n) is 5.49. The Hall–Kier alpha value is -2.57. The quantitative estimate of drug-likeness (QED) is 0.438. The van der Waals surface area contributed by atoms with Gasteiger partial charge in [-0.05, 0) is 37.5 Å². The van der Waals surface area contributed by atoms with E-state index in [0.717, 1.165) is 24.2 Å². The van der Waals surface area contributed by atoms with Gasteiger partial charge in [-0.3, -0.25) is 14.5 Å². The molecule has 1 aromatic rings. The van der Waals surface area contributed by atoms with Gasteiger partial charge in [0.15, 0.2) is 0 Å². The Morgan fingerprint density at radius 2 is 1.86 bits per heavy atom. The van der Waals surface area contributed by atoms with Gasteiger partial charge in [-0.1, -0.05) is 51.7 Å². The van der Waals surface area contributed by atoms with Gasteiger partial charge in [-0.2, -0.15) is 0 Å². The van der Waals surface area contributed by atoms with Crippen LogP contribution in [0, 0.1) is 0 Å². The molecule has 2 N–H and O–H groups in total. The van der Waals surface area contributed by atoms with Crippen molar-refractivity contribution < 1.29 is 19.1 Å². The molecule has 4 amide bonds. The van der Waals surface area contributed by atoms with Gasteiger partial charge in [0.05, 0.1) is 7.11 Å². The van der Waals surface area contributed by atoms with E-state index in [1.165, 1.54) is 12.8 Å². The van der Waals surface area contributed by atoms with Crippen molar-refractivity contribution in [3.63, 3.8) is 0 Å². The van der Waals surface area contributed by atoms with Crippen molar-refractivity contribution in [2.75, 3.05) is 13.7 Å². The average molecular weight is 404 g/mol. The Balaban J connectivity index is 2.02. The molecular formula is C22H33N3O4. The van der Waals surface area contributed by atoms with Gasteiger partial charge in [0.25, 0.3) is 5.91 Å². The summed E-state index contributed by atoms with van der Waals surface area (Å²) < 4.78 is 5.16. The predicted octanol–water partition coefficient (Wildman–Crippen LogP) is 3.33. The van der Waals surface area contributed by atoms with Crippen LogP contribution >= 0.6 is 0 Å². The van der Waals surface area contributed by atoms with Crippen molar-refractivity contribution in [1.29, 1.82) is 0 Å². The van der Waals surface area contributed by atoms with Gasteiger partial charge >= 0.3 is 6.03 Å². The standard InChI is InChI=1S/C22H33N3O4/c1-5-7-8-9-10-16(3)23-19(26)15-25-20(27)22(6-2,24-21(25)28)17-11-13-18(29-4)14-12-17/h11-14,16H,5-10,15H2,1-4H3,(H,23,26)(H,24,28)/t16-,22-/m0/s1. The zero-order valence-corrected chi connectivity index (χ0v) is 17.9. The van der Waals surface area contributed by atoms with E-state index in [9.17, 15) is 14.4 Å². The first-order chi connectivity index (χ1) is 13.9. The van der Waals surface area contributed by atoms with Crippen molar-refractivity contribution in [3.05, 3.63) is 29.8 Å². The molecule has 1 fully saturated rings. The highest BCUT2D eigenvalue weighted by molar-refractivity contribution is 6.09. The number of carbonyl (C=O) groups excluding carboxylic acids is 3. The highest BCUT2D eigenvalue weighted by Gasteiger charge is 2.51. The summed E-state index contributed by atoms with van der Waals surface area (Å²) in [4.78, 5) is 39.0. The maximum absolute atomic E-state index is 13.1. The van der Waals surface area contributed by atoms with Crippen LogP contribution in [0.5, 0.6) is 5.75 Å². The van der Waals surface area contributed by atoms with Gasteiger partial charge in [0.2, 0.25) is 5.91 Å². The van der Waals surface area contributed by atoms with Gasteiger partial charge < -0.3 is 15.4 Å². The number of ether oxygens (including phenoxy) is 1. The normalized spacial score (nSPS) is 19.8. The number of rotatable bonds is 11. The summed E-state index contributed by atoms with van der Waals surface area (Å²) in [6.07, 6.45) is 5.82. The smallest absolute Gasteiger partial charge is 0.325 e. The van der Waals surface area contributed by atoms with Crippen molar-refractivity contribution in [3.8, 4) is 5.75 Å². The number of nitrogens with zero attached hydrogens (tertiary/aromatic N) is 1. The molecule has 0 unspecified atom stereocenters. The highest BCUT2D eigenvalue weighted by atomic mass is 16.5. The molecule has 7 nitrogen and oxygen atoms in total. The Morgan fingerprint density at radius 1 is 1.17 bits per heavy atom. The van der Waals surface area contributed by atoms with Crippen LogP contribution in [0.15, 0.2) is 24.3 Å². The molecule has 2 atom stereocenters. The van der Waals surface area contributed by atoms with Crippen molar-refractivity contribution in [2.24, 2.45) is 0 Å². The van der Waals surface area contributed by atoms with Crippen LogP contribution < -0.4 is 15.4 Å². The molecular weight excluding hydrogens is 370 g/mol. The molecule has 29 heavy (non-hydrogen) atoms. The number of unbranched alkanes of at least 4 members (excludes halogenated alkanes) is 3. The minimum atomic E-state index is -1.16. The fraction of sp³-hybridized carbons (Fsp3) is 0.591. The Labute approximate surface area is 173 Å². The van der Waals surface area contributed by atoms with E-state index in [-0.39, 0.29) is 18.5 Å². The molecule has 2 rings (SSSR count). The zero-order chi connectivity index (χ0) is 21.4. The summed E-state index contributed by atoms with van der Waals surface area (Å²) in [6, 6.07) is 6.50. The first-order valence-electron chi connectivity index (χ1n) is 10.5. The Morgan fingerprint density at radius 3 is 2.45 bits per heavy atom. The molecule has 0 aromatic heterocycles. The van der Waals surface area contributed by atoms with Crippen LogP contribution in [0.3, 0.4) is 0 Å². The fourth-order valence-electron chi connectivity index (χ4n) is 3.70. The van der Waals surface area contributed by atoms with E-state index < -0.39 is 17.5 Å². The van der Waals surface area contributed by atoms with E-state index in [2.05, 4.69) is 17.6 Å². The number of benzene rings is 1. The van der Waals surface area contributed by atoms with Crippen LogP contribution in [-0.4, -0.2) is 42.4 Å². The molecule has 1 aliphatic heterocycles. The molecule has 0 spiro atoms. The van der Waals surface area contributed by atoms with E-state index in [0.29, 0.717) is 17.7 Å². The molecule has 160 valence electrons. The molecule has 0 bridgehead atoms. The largest absolute Gasteiger partial charge is 0.497 e. The SMILES string of the molecule is CCCCCC[C@H](C)NC(=O)CN1C(=O)N[C@@](CC)(c2ccc(OC)cc2)C1=O. The zero-order valence-electron chi connectivity index (χ0n) is 17.9. The Kier molecular flexibility index (Phi) is 8.05. The summed E-state index contributed by atoms with van der Waals surface area (Å²) in [5, 5.41) is 5.69. The molecule has 0 radical (unpaired) electrons. The third kappa shape index (κ3) is 5.28. The molecule has 0 saturated carbocycles. The van der Waals surface area contributed by atoms with Gasteiger partial charge in [-0.15, -0.1) is 0 Å².